The van der Waals surface area contributed by atoms with Crippen LogP contribution in [0.3, 0.4) is 0 Å². The molecule has 1 unspecified atom stereocenters. The van der Waals surface area contributed by atoms with E-state index in [2.05, 4.69) is 54.5 Å². The predicted octanol–water partition coefficient (Wildman–Crippen LogP) is 5.48. The van der Waals surface area contributed by atoms with Crippen LogP contribution in [0.1, 0.15) is 74.1 Å². The van der Waals surface area contributed by atoms with E-state index in [1.165, 1.54) is 73.9 Å². The molecule has 1 aliphatic carbocycles. The fraction of sp³-hybridized carbons (Fsp3) is 0.600. The van der Waals surface area contributed by atoms with Gasteiger partial charge in [0.15, 0.2) is 0 Å². The Morgan fingerprint density at radius 3 is 2.61 bits per heavy atom. The largest absolute Gasteiger partial charge is 0.496 e. The molecule has 2 heterocycles. The van der Waals surface area contributed by atoms with Crippen molar-refractivity contribution in [1.29, 1.82) is 0 Å². The summed E-state index contributed by atoms with van der Waals surface area (Å²) in [7, 11) is 1.79. The lowest BCUT2D eigenvalue weighted by Gasteiger charge is -2.33. The van der Waals surface area contributed by atoms with Gasteiger partial charge in [-0.15, -0.1) is 0 Å². The highest BCUT2D eigenvalue weighted by molar-refractivity contribution is 5.48. The van der Waals surface area contributed by atoms with Gasteiger partial charge in [0.1, 0.15) is 5.75 Å². The highest BCUT2D eigenvalue weighted by Gasteiger charge is 2.28. The molecular formula is C25H36N2O. The molecule has 2 fully saturated rings. The predicted molar refractivity (Wildman–Crippen MR) is 117 cm³/mol. The van der Waals surface area contributed by atoms with E-state index in [1.807, 2.05) is 0 Å². The van der Waals surface area contributed by atoms with Crippen molar-refractivity contribution >= 4 is 0 Å². The summed E-state index contributed by atoms with van der Waals surface area (Å²) in [6.07, 6.45) is 14.9. The summed E-state index contributed by atoms with van der Waals surface area (Å²) in [5.74, 6) is 2.72. The van der Waals surface area contributed by atoms with Gasteiger partial charge >= 0.3 is 0 Å². The SMILES string of the molecule is CCCC1CCN(CC2=CC(c3cc(OC)c(C)c(C4CC4)c3)NC=C2)CC1. The molecule has 1 saturated heterocycles. The van der Waals surface area contributed by atoms with E-state index < -0.39 is 0 Å². The van der Waals surface area contributed by atoms with Crippen molar-refractivity contribution in [3.63, 3.8) is 0 Å². The molecule has 1 saturated carbocycles. The van der Waals surface area contributed by atoms with Crippen molar-refractivity contribution in [2.75, 3.05) is 26.7 Å². The van der Waals surface area contributed by atoms with Gasteiger partial charge in [0.05, 0.1) is 13.2 Å². The molecule has 4 rings (SSSR count). The standard InChI is InChI=1S/C25H36N2O/c1-4-5-19-9-12-27(13-10-19)17-20-8-11-26-24(14-20)22-15-23(21-6-7-21)18(2)25(16-22)28-3/h8,11,14-16,19,21,24,26H,4-7,9-10,12-13,17H2,1-3H3. The number of nitrogens with one attached hydrogen (secondary N) is 1. The maximum atomic E-state index is 5.70. The summed E-state index contributed by atoms with van der Waals surface area (Å²) in [6.45, 7) is 8.09. The molecule has 0 radical (unpaired) electrons. The summed E-state index contributed by atoms with van der Waals surface area (Å²) in [5.41, 5.74) is 5.57. The maximum absolute atomic E-state index is 5.70. The second-order valence-corrected chi connectivity index (χ2v) is 8.94. The third-order valence-corrected chi connectivity index (χ3v) is 6.78. The van der Waals surface area contributed by atoms with Gasteiger partial charge in [0, 0.05) is 6.54 Å². The maximum Gasteiger partial charge on any atom is 0.122 e. The van der Waals surface area contributed by atoms with Gasteiger partial charge in [0.2, 0.25) is 0 Å². The number of nitrogens with zero attached hydrogens (tertiary/aromatic N) is 1. The first-order valence-corrected chi connectivity index (χ1v) is 11.2. The van der Waals surface area contributed by atoms with Crippen LogP contribution >= 0.6 is 0 Å². The molecule has 1 N–H and O–H groups in total. The lowest BCUT2D eigenvalue weighted by molar-refractivity contribution is 0.191. The molecule has 1 aromatic carbocycles. The number of hydrogen-bond acceptors (Lipinski definition) is 3. The first kappa shape index (κ1) is 19.6. The number of methoxy groups -OCH3 is 1. The first-order chi connectivity index (χ1) is 13.7. The van der Waals surface area contributed by atoms with Crippen molar-refractivity contribution in [3.8, 4) is 5.75 Å². The average Bonchev–Trinajstić information content (AvgIpc) is 3.55. The van der Waals surface area contributed by atoms with Crippen LogP contribution in [-0.4, -0.2) is 31.6 Å². The second-order valence-electron chi connectivity index (χ2n) is 8.94. The highest BCUT2D eigenvalue weighted by Crippen LogP contribution is 2.44. The van der Waals surface area contributed by atoms with Crippen LogP contribution < -0.4 is 10.1 Å². The third kappa shape index (κ3) is 4.46. The zero-order valence-corrected chi connectivity index (χ0v) is 17.8. The normalized spacial score (nSPS) is 23.4. The van der Waals surface area contributed by atoms with Gasteiger partial charge in [-0.25, -0.2) is 0 Å². The van der Waals surface area contributed by atoms with Crippen LogP contribution in [0.5, 0.6) is 5.75 Å². The van der Waals surface area contributed by atoms with Crippen LogP contribution in [0.2, 0.25) is 0 Å². The zero-order valence-electron chi connectivity index (χ0n) is 17.8. The fourth-order valence-corrected chi connectivity index (χ4v) is 4.92. The zero-order chi connectivity index (χ0) is 19.5. The van der Waals surface area contributed by atoms with Crippen molar-refractivity contribution in [2.24, 2.45) is 5.92 Å². The van der Waals surface area contributed by atoms with Gasteiger partial charge in [-0.1, -0.05) is 31.9 Å². The number of dihydropyridines is 1. The number of hydrogen-bond donors (Lipinski definition) is 1. The molecule has 3 nitrogen and oxygen atoms in total. The number of ether oxygens (including phenoxy) is 1. The summed E-state index contributed by atoms with van der Waals surface area (Å²) in [4.78, 5) is 2.63. The van der Waals surface area contributed by atoms with Crippen molar-refractivity contribution in [1.82, 2.24) is 10.2 Å². The van der Waals surface area contributed by atoms with Crippen LogP contribution in [0.4, 0.5) is 0 Å². The van der Waals surface area contributed by atoms with Gasteiger partial charge < -0.3 is 10.1 Å². The minimum absolute atomic E-state index is 0.240. The Kier molecular flexibility index (Phi) is 6.10. The molecule has 3 heteroatoms. The van der Waals surface area contributed by atoms with E-state index in [1.54, 1.807) is 7.11 Å². The second kappa shape index (κ2) is 8.73. The molecular weight excluding hydrogens is 344 g/mol. The monoisotopic (exact) mass is 380 g/mol. The summed E-state index contributed by atoms with van der Waals surface area (Å²) >= 11 is 0. The Balaban J connectivity index is 1.46. The molecule has 1 aromatic rings. The Bertz CT molecular complexity index is 739. The fourth-order valence-electron chi connectivity index (χ4n) is 4.92. The number of benzene rings is 1. The van der Waals surface area contributed by atoms with E-state index in [0.29, 0.717) is 0 Å². The Labute approximate surface area is 170 Å². The van der Waals surface area contributed by atoms with E-state index in [9.17, 15) is 0 Å². The lowest BCUT2D eigenvalue weighted by atomic mass is 9.92. The molecule has 28 heavy (non-hydrogen) atoms. The smallest absolute Gasteiger partial charge is 0.122 e. The molecule has 2 aliphatic heterocycles. The highest BCUT2D eigenvalue weighted by atomic mass is 16.5. The van der Waals surface area contributed by atoms with E-state index in [4.69, 9.17) is 4.74 Å². The van der Waals surface area contributed by atoms with E-state index in [-0.39, 0.29) is 6.04 Å². The molecule has 0 aromatic heterocycles. The Hall–Kier alpha value is -1.74. The van der Waals surface area contributed by atoms with Gasteiger partial charge in [0.25, 0.3) is 0 Å². The molecule has 3 aliphatic rings. The minimum Gasteiger partial charge on any atom is -0.496 e. The van der Waals surface area contributed by atoms with Crippen LogP contribution in [0.15, 0.2) is 36.1 Å². The third-order valence-electron chi connectivity index (χ3n) is 6.78. The molecule has 0 spiro atoms. The average molecular weight is 381 g/mol. The van der Waals surface area contributed by atoms with Crippen LogP contribution in [-0.2, 0) is 0 Å². The van der Waals surface area contributed by atoms with Crippen LogP contribution in [0.25, 0.3) is 0 Å². The summed E-state index contributed by atoms with van der Waals surface area (Å²) in [5, 5.41) is 3.55. The van der Waals surface area contributed by atoms with Crippen molar-refractivity contribution in [3.05, 3.63) is 52.7 Å². The van der Waals surface area contributed by atoms with Gasteiger partial charge in [-0.05, 0) is 98.1 Å². The van der Waals surface area contributed by atoms with Crippen molar-refractivity contribution < 1.29 is 4.74 Å². The quantitative estimate of drug-likeness (QED) is 0.678. The molecule has 152 valence electrons. The molecule has 1 atom stereocenters. The molecule has 0 amide bonds. The number of likely N-dealkylation sites (tertiary alicyclic amines) is 1. The Morgan fingerprint density at radius 2 is 1.93 bits per heavy atom. The van der Waals surface area contributed by atoms with Crippen molar-refractivity contribution in [2.45, 2.75) is 64.3 Å². The number of piperidine rings is 1. The Morgan fingerprint density at radius 1 is 1.14 bits per heavy atom. The first-order valence-electron chi connectivity index (χ1n) is 11.2. The van der Waals surface area contributed by atoms with Gasteiger partial charge in [-0.3, -0.25) is 4.90 Å². The number of rotatable bonds is 7. The summed E-state index contributed by atoms with van der Waals surface area (Å²) in [6, 6.07) is 4.88. The molecule has 0 bridgehead atoms. The minimum atomic E-state index is 0.240. The lowest BCUT2D eigenvalue weighted by Crippen LogP contribution is -2.35. The summed E-state index contributed by atoms with van der Waals surface area (Å²) < 4.78 is 5.70. The van der Waals surface area contributed by atoms with E-state index >= 15 is 0 Å². The van der Waals surface area contributed by atoms with E-state index in [0.717, 1.165) is 24.1 Å². The van der Waals surface area contributed by atoms with Gasteiger partial charge in [-0.2, -0.15) is 0 Å². The van der Waals surface area contributed by atoms with Crippen LogP contribution in [0, 0.1) is 12.8 Å². The topological polar surface area (TPSA) is 24.5 Å².